The molecule has 29 heavy (non-hydrogen) atoms. The number of nitrogens with zero attached hydrogens (tertiary/aromatic N) is 2. The summed E-state index contributed by atoms with van der Waals surface area (Å²) in [6.07, 6.45) is 7.25. The van der Waals surface area contributed by atoms with Gasteiger partial charge in [-0.15, -0.1) is 6.42 Å². The monoisotopic (exact) mass is 476 g/mol. The molecule has 1 aromatic carbocycles. The molecule has 0 saturated carbocycles. The van der Waals surface area contributed by atoms with Crippen LogP contribution in [0.3, 0.4) is 0 Å². The third-order valence-electron chi connectivity index (χ3n) is 4.26. The summed E-state index contributed by atoms with van der Waals surface area (Å²) < 4.78 is 17.5. The number of ether oxygens (including phenoxy) is 3. The Kier molecular flexibility index (Phi) is 6.93. The summed E-state index contributed by atoms with van der Waals surface area (Å²) >= 11 is 5.07. The molecule has 0 saturated heterocycles. The second kappa shape index (κ2) is 9.42. The van der Waals surface area contributed by atoms with E-state index in [4.69, 9.17) is 20.6 Å². The van der Waals surface area contributed by atoms with Gasteiger partial charge in [0.15, 0.2) is 16.7 Å². The molecule has 0 unspecified atom stereocenters. The van der Waals surface area contributed by atoms with Crippen LogP contribution in [-0.4, -0.2) is 35.9 Å². The number of allylic oxidation sites excluding steroid dienone is 1. The minimum Gasteiger partial charge on any atom is -0.490 e. The maximum Gasteiger partial charge on any atom is 0.338 e. The van der Waals surface area contributed by atoms with Crippen LogP contribution >= 0.6 is 27.7 Å². The summed E-state index contributed by atoms with van der Waals surface area (Å²) in [5.74, 6) is 3.15. The fourth-order valence-corrected chi connectivity index (χ4v) is 4.53. The molecule has 0 spiro atoms. The number of hydrogen-bond acceptors (Lipinski definition) is 7. The van der Waals surface area contributed by atoms with Crippen molar-refractivity contribution in [2.75, 3.05) is 19.8 Å². The van der Waals surface area contributed by atoms with Crippen molar-refractivity contribution in [3.05, 3.63) is 45.0 Å². The van der Waals surface area contributed by atoms with Crippen LogP contribution in [0.5, 0.6) is 11.5 Å². The van der Waals surface area contributed by atoms with Gasteiger partial charge in [-0.05, 0) is 59.8 Å². The second-order valence-corrected chi connectivity index (χ2v) is 7.81. The molecule has 2 aliphatic rings. The van der Waals surface area contributed by atoms with Crippen LogP contribution < -0.4 is 9.47 Å². The van der Waals surface area contributed by atoms with E-state index in [0.717, 1.165) is 10.7 Å². The maximum atomic E-state index is 12.8. The minimum atomic E-state index is -0.398. The zero-order chi connectivity index (χ0) is 21.0. The molecule has 0 bridgehead atoms. The lowest BCUT2D eigenvalue weighted by molar-refractivity contribution is -0.139. The summed E-state index contributed by atoms with van der Waals surface area (Å²) in [6.45, 7) is 6.37. The van der Waals surface area contributed by atoms with E-state index in [1.807, 2.05) is 42.5 Å². The number of halogens is 1. The predicted molar refractivity (Wildman–Crippen MR) is 118 cm³/mol. The summed E-state index contributed by atoms with van der Waals surface area (Å²) in [7, 11) is 0. The number of fused-ring (bicyclic) bond motifs is 1. The third-order valence-corrected chi connectivity index (χ3v) is 5.62. The van der Waals surface area contributed by atoms with Crippen molar-refractivity contribution >= 4 is 38.8 Å². The van der Waals surface area contributed by atoms with Gasteiger partial charge in [-0.2, -0.15) is 0 Å². The number of terminal acetylenes is 1. The molecule has 152 valence electrons. The van der Waals surface area contributed by atoms with Crippen molar-refractivity contribution in [3.63, 3.8) is 0 Å². The largest absolute Gasteiger partial charge is 0.490 e. The first-order valence-electron chi connectivity index (χ1n) is 9.12. The van der Waals surface area contributed by atoms with E-state index < -0.39 is 6.04 Å². The molecule has 2 aliphatic heterocycles. The summed E-state index contributed by atoms with van der Waals surface area (Å²) in [6, 6.07) is 3.38. The standard InChI is InChI=1S/C21H21BrN2O4S/c1-5-9-28-19-15(22)11-14(12-16(19)26-6-2)18-17(20(25)27-7-3)13(4)23-21-24(18)8-10-29-21/h1,8,10-12,18H,6-7,9H2,2-4H3/t18-/m1/s1. The lowest BCUT2D eigenvalue weighted by Crippen LogP contribution is -2.34. The average Bonchev–Trinajstić information content (AvgIpc) is 3.14. The zero-order valence-electron chi connectivity index (χ0n) is 16.4. The summed E-state index contributed by atoms with van der Waals surface area (Å²) in [5.41, 5.74) is 1.97. The van der Waals surface area contributed by atoms with Gasteiger partial charge >= 0.3 is 5.97 Å². The molecule has 1 aromatic rings. The van der Waals surface area contributed by atoms with Crippen LogP contribution in [0.1, 0.15) is 32.4 Å². The number of carbonyl (C=O) groups excluding carboxylic acids is 1. The van der Waals surface area contributed by atoms with Crippen molar-refractivity contribution in [2.45, 2.75) is 26.8 Å². The molecular formula is C21H21BrN2O4S. The van der Waals surface area contributed by atoms with Crippen molar-refractivity contribution in [2.24, 2.45) is 4.99 Å². The van der Waals surface area contributed by atoms with Gasteiger partial charge in [0, 0.05) is 6.20 Å². The lowest BCUT2D eigenvalue weighted by atomic mass is 9.94. The van der Waals surface area contributed by atoms with Crippen LogP contribution in [0.2, 0.25) is 0 Å². The fraction of sp³-hybridized carbons (Fsp3) is 0.333. The molecule has 0 N–H and O–H groups in total. The number of benzene rings is 1. The van der Waals surface area contributed by atoms with Crippen LogP contribution in [-0.2, 0) is 9.53 Å². The van der Waals surface area contributed by atoms with Gasteiger partial charge in [0.2, 0.25) is 0 Å². The molecule has 0 aromatic heterocycles. The number of amidine groups is 1. The first-order valence-corrected chi connectivity index (χ1v) is 10.8. The first kappa shape index (κ1) is 21.3. The smallest absolute Gasteiger partial charge is 0.338 e. The van der Waals surface area contributed by atoms with E-state index in [2.05, 4.69) is 26.8 Å². The Labute approximate surface area is 183 Å². The van der Waals surface area contributed by atoms with E-state index >= 15 is 0 Å². The highest BCUT2D eigenvalue weighted by atomic mass is 79.9. The highest BCUT2D eigenvalue weighted by molar-refractivity contribution is 9.10. The molecule has 6 nitrogen and oxygen atoms in total. The highest BCUT2D eigenvalue weighted by Gasteiger charge is 2.38. The van der Waals surface area contributed by atoms with Gasteiger partial charge in [0.05, 0.1) is 35.0 Å². The number of thioether (sulfide) groups is 1. The fourth-order valence-electron chi connectivity index (χ4n) is 3.16. The molecule has 0 aliphatic carbocycles. The van der Waals surface area contributed by atoms with E-state index in [9.17, 15) is 4.79 Å². The Balaban J connectivity index is 2.13. The summed E-state index contributed by atoms with van der Waals surface area (Å²) in [4.78, 5) is 19.3. The van der Waals surface area contributed by atoms with Gasteiger partial charge in [0.25, 0.3) is 0 Å². The van der Waals surface area contributed by atoms with Crippen LogP contribution in [0.4, 0.5) is 0 Å². The van der Waals surface area contributed by atoms with Gasteiger partial charge in [-0.3, -0.25) is 0 Å². The summed E-state index contributed by atoms with van der Waals surface area (Å²) in [5, 5.41) is 2.75. The van der Waals surface area contributed by atoms with Gasteiger partial charge in [-0.25, -0.2) is 9.79 Å². The van der Waals surface area contributed by atoms with E-state index in [0.29, 0.717) is 33.8 Å². The van der Waals surface area contributed by atoms with Crippen molar-refractivity contribution in [1.82, 2.24) is 4.90 Å². The molecule has 2 heterocycles. The first-order chi connectivity index (χ1) is 14.0. The number of esters is 1. The highest BCUT2D eigenvalue weighted by Crippen LogP contribution is 2.45. The Hall–Kier alpha value is -2.37. The molecule has 0 amide bonds. The molecule has 1 atom stereocenters. The van der Waals surface area contributed by atoms with E-state index in [1.54, 1.807) is 6.92 Å². The molecular weight excluding hydrogens is 456 g/mol. The number of hydrogen-bond donors (Lipinski definition) is 0. The third kappa shape index (κ3) is 4.31. The topological polar surface area (TPSA) is 60.4 Å². The zero-order valence-corrected chi connectivity index (χ0v) is 18.8. The molecule has 8 heteroatoms. The lowest BCUT2D eigenvalue weighted by Gasteiger charge is -2.33. The van der Waals surface area contributed by atoms with Crippen molar-refractivity contribution < 1.29 is 19.0 Å². The van der Waals surface area contributed by atoms with Crippen LogP contribution in [0, 0.1) is 12.3 Å². The SMILES string of the molecule is C#CCOc1c(Br)cc([C@@H]2C(C(=O)OCC)=C(C)N=C3SC=CN32)cc1OCC. The van der Waals surface area contributed by atoms with Crippen molar-refractivity contribution in [3.8, 4) is 23.8 Å². The second-order valence-electron chi connectivity index (χ2n) is 6.08. The Morgan fingerprint density at radius 3 is 2.83 bits per heavy atom. The minimum absolute atomic E-state index is 0.122. The Morgan fingerprint density at radius 2 is 2.14 bits per heavy atom. The maximum absolute atomic E-state index is 12.8. The van der Waals surface area contributed by atoms with Gasteiger partial charge in [0.1, 0.15) is 6.61 Å². The molecule has 0 fully saturated rings. The number of aliphatic imine (C=N–C) groups is 1. The Morgan fingerprint density at radius 1 is 1.34 bits per heavy atom. The van der Waals surface area contributed by atoms with Gasteiger partial charge in [-0.1, -0.05) is 17.7 Å². The molecule has 0 radical (unpaired) electrons. The van der Waals surface area contributed by atoms with Crippen LogP contribution in [0.15, 0.2) is 44.5 Å². The number of carbonyl (C=O) groups is 1. The Bertz CT molecular complexity index is 949. The normalized spacial score (nSPS) is 17.6. The average molecular weight is 477 g/mol. The predicted octanol–water partition coefficient (Wildman–Crippen LogP) is 4.63. The van der Waals surface area contributed by atoms with Crippen LogP contribution in [0.25, 0.3) is 0 Å². The van der Waals surface area contributed by atoms with Gasteiger partial charge < -0.3 is 19.1 Å². The van der Waals surface area contributed by atoms with E-state index in [1.165, 1.54) is 11.8 Å². The van der Waals surface area contributed by atoms with Crippen molar-refractivity contribution in [1.29, 1.82) is 0 Å². The quantitative estimate of drug-likeness (QED) is 0.422. The number of rotatable bonds is 7. The van der Waals surface area contributed by atoms with E-state index in [-0.39, 0.29) is 19.2 Å². The molecule has 3 rings (SSSR count).